The molecular weight excluding hydrogens is 1530 g/mol. The van der Waals surface area contributed by atoms with Crippen LogP contribution in [0.5, 0.6) is 0 Å². The van der Waals surface area contributed by atoms with E-state index in [1.807, 2.05) is 0 Å². The molecule has 0 aliphatic carbocycles. The lowest BCUT2D eigenvalue weighted by molar-refractivity contribution is -0.339. The predicted molar refractivity (Wildman–Crippen MR) is 374 cm³/mol. The van der Waals surface area contributed by atoms with Gasteiger partial charge in [-0.1, -0.05) is 36.0 Å². The SMILES string of the molecule is C=CC1C(OC2OC(CO)C(O)C(O)C2O)OC=C(C(=O)O)C1CCOC(=O)C1=COC(OC2OC(CO)C(O)C(O)C2O)C(C=C)C1CCOC(=O)C=C(C)CCC=C(C)C(=O)OCCC1C(C(=O)OCCC2C(C(=O)O)=COC(OC3OC(CO)C(O)C(O)C3O)C2C=C)=COC(OC2OC(CO)C(O)C(O)C2O)C1C=C. The highest BCUT2D eigenvalue weighted by Crippen LogP contribution is 2.43. The molecule has 40 heteroatoms. The van der Waals surface area contributed by atoms with Crippen LogP contribution in [0.4, 0.5) is 0 Å². The zero-order valence-corrected chi connectivity index (χ0v) is 62.0. The van der Waals surface area contributed by atoms with E-state index in [9.17, 15) is 121 Å². The average molecular weight is 1630 g/mol. The van der Waals surface area contributed by atoms with Gasteiger partial charge in [0.2, 0.25) is 25.2 Å². The molecule has 0 saturated carbocycles. The van der Waals surface area contributed by atoms with Crippen LogP contribution in [0.25, 0.3) is 0 Å². The molecule has 638 valence electrons. The van der Waals surface area contributed by atoms with Crippen molar-refractivity contribution in [3.8, 4) is 0 Å². The molecule has 40 nitrogen and oxygen atoms in total. The molecule has 114 heavy (non-hydrogen) atoms. The Morgan fingerprint density at radius 1 is 0.377 bits per heavy atom. The molecule has 8 heterocycles. The van der Waals surface area contributed by atoms with E-state index in [2.05, 4.69) is 26.3 Å². The third-order valence-electron chi connectivity index (χ3n) is 20.9. The lowest BCUT2D eigenvalue weighted by atomic mass is 9.81. The summed E-state index contributed by atoms with van der Waals surface area (Å²) in [5, 5.41) is 186. The van der Waals surface area contributed by atoms with Gasteiger partial charge < -0.3 is 168 Å². The summed E-state index contributed by atoms with van der Waals surface area (Å²) < 4.78 is 91.0. The maximum Gasteiger partial charge on any atom is 0.337 e. The van der Waals surface area contributed by atoms with Crippen LogP contribution in [0.2, 0.25) is 0 Å². The van der Waals surface area contributed by atoms with Gasteiger partial charge >= 0.3 is 35.8 Å². The Morgan fingerprint density at radius 3 is 0.930 bits per heavy atom. The van der Waals surface area contributed by atoms with Crippen LogP contribution in [-0.4, -0.2) is 329 Å². The lowest BCUT2D eigenvalue weighted by Crippen LogP contribution is -2.60. The third-order valence-corrected chi connectivity index (χ3v) is 20.9. The first-order valence-electron chi connectivity index (χ1n) is 36.6. The Morgan fingerprint density at radius 2 is 0.649 bits per heavy atom. The molecular formula is C74H102O40. The van der Waals surface area contributed by atoms with E-state index < -0.39 is 284 Å². The Labute approximate surface area is 652 Å². The number of esters is 4. The maximum absolute atomic E-state index is 14.2. The maximum atomic E-state index is 14.2. The van der Waals surface area contributed by atoms with Crippen LogP contribution in [0.1, 0.15) is 52.4 Å². The molecule has 8 aliphatic rings. The van der Waals surface area contributed by atoms with Gasteiger partial charge in [-0.25, -0.2) is 28.8 Å². The minimum absolute atomic E-state index is 0.0994. The summed E-state index contributed by atoms with van der Waals surface area (Å²) in [4.78, 5) is 80.5. The minimum Gasteiger partial charge on any atom is -0.478 e. The fourth-order valence-electron chi connectivity index (χ4n) is 14.2. The standard InChI is InChI=1S/C74H102O40/c1-7-33-37(41(62(92)93)27-103-67(33)111-71-58(88)54(84)50(80)45(23-75)107-71)15-20-101-65(97)43-29-105-69(113-73-60(90)56(86)52(82)47(25-77)109-73)35(9-3)39(43)14-18-99-49(79)22-31(5)12-11-13-32(6)64(96)100-19-17-40-36(10-4)70(114-74-61(91)57(87)53(83)48(26-78)110-74)106-30-44(40)66(98)102-21-16-38-34(8-2)68(104-28-42(38)63(94)95)112-72-59(89)55(85)51(81)46(24-76)108-72/h7-10,13,22,27-30,33-40,45-48,50-61,67-78,80-91H,1-4,11-12,14-21,23-26H2,5-6H3,(H,92,93)(H,94,95). The fourth-order valence-corrected chi connectivity index (χ4v) is 14.2. The Kier molecular flexibility index (Phi) is 34.3. The van der Waals surface area contributed by atoms with Gasteiger partial charge in [0, 0.05) is 59.0 Å². The van der Waals surface area contributed by atoms with Crippen LogP contribution in [0.3, 0.4) is 0 Å². The van der Waals surface area contributed by atoms with Crippen molar-refractivity contribution in [2.75, 3.05) is 52.9 Å². The number of allylic oxidation sites excluding steroid dienone is 2. The van der Waals surface area contributed by atoms with E-state index in [1.165, 1.54) is 43.4 Å². The number of carboxylic acid groups (broad SMARTS) is 2. The molecule has 0 amide bonds. The van der Waals surface area contributed by atoms with Crippen molar-refractivity contribution in [1.29, 1.82) is 0 Å². The number of carbonyl (C=O) groups is 6. The molecule has 0 bridgehead atoms. The summed E-state index contributed by atoms with van der Waals surface area (Å²) in [6.45, 7) is 13.3. The first-order chi connectivity index (χ1) is 54.3. The average Bonchev–Trinajstić information content (AvgIpc) is 0.799. The van der Waals surface area contributed by atoms with Crippen LogP contribution >= 0.6 is 0 Å². The summed E-state index contributed by atoms with van der Waals surface area (Å²) in [7, 11) is 0. The van der Waals surface area contributed by atoms with E-state index in [0.29, 0.717) is 5.57 Å². The van der Waals surface area contributed by atoms with Crippen LogP contribution in [0.15, 0.2) is 121 Å². The van der Waals surface area contributed by atoms with Crippen LogP contribution in [-0.2, 0) is 105 Å². The number of aliphatic hydroxyl groups is 16. The molecule has 4 saturated heterocycles. The Bertz CT molecular complexity index is 3490. The third kappa shape index (κ3) is 21.8. The van der Waals surface area contributed by atoms with Gasteiger partial charge in [-0.15, -0.1) is 26.3 Å². The lowest BCUT2D eigenvalue weighted by Gasteiger charge is -2.43. The highest BCUT2D eigenvalue weighted by Gasteiger charge is 2.53. The summed E-state index contributed by atoms with van der Waals surface area (Å²) in [5.74, 6) is -15.2. The number of hydrogen-bond acceptors (Lipinski definition) is 38. The normalized spacial score (nSPS) is 38.5. The van der Waals surface area contributed by atoms with Crippen LogP contribution < -0.4 is 0 Å². The van der Waals surface area contributed by atoms with Gasteiger partial charge in [0.15, 0.2) is 25.2 Å². The van der Waals surface area contributed by atoms with Crippen molar-refractivity contribution in [2.45, 2.75) is 200 Å². The molecule has 0 spiro atoms. The predicted octanol–water partition coefficient (Wildman–Crippen LogP) is -4.54. The van der Waals surface area contributed by atoms with Gasteiger partial charge in [0.25, 0.3) is 0 Å². The van der Waals surface area contributed by atoms with Crippen molar-refractivity contribution in [1.82, 2.24) is 0 Å². The second-order valence-electron chi connectivity index (χ2n) is 28.1. The summed E-state index contributed by atoms with van der Waals surface area (Å²) in [6, 6.07) is 0. The first kappa shape index (κ1) is 92.0. The highest BCUT2D eigenvalue weighted by molar-refractivity contribution is 5.91. The Hall–Kier alpha value is -7.54. The van der Waals surface area contributed by atoms with E-state index >= 15 is 0 Å². The Balaban J connectivity index is 0.894. The number of carboxylic acids is 2. The van der Waals surface area contributed by atoms with E-state index in [1.54, 1.807) is 6.92 Å². The van der Waals surface area contributed by atoms with E-state index in [-0.39, 0.29) is 66.4 Å². The summed E-state index contributed by atoms with van der Waals surface area (Å²) in [5.41, 5.74) is -0.450. The van der Waals surface area contributed by atoms with Gasteiger partial charge in [0.05, 0.1) is 100 Å². The zero-order valence-electron chi connectivity index (χ0n) is 62.0. The number of carbonyl (C=O) groups excluding carboxylic acids is 4. The van der Waals surface area contributed by atoms with Crippen molar-refractivity contribution >= 4 is 35.8 Å². The van der Waals surface area contributed by atoms with Crippen molar-refractivity contribution in [3.63, 3.8) is 0 Å². The molecule has 8 rings (SSSR count). The monoisotopic (exact) mass is 1630 g/mol. The second-order valence-corrected chi connectivity index (χ2v) is 28.1. The quantitative estimate of drug-likeness (QED) is 0.0121. The topological polar surface area (TPSA) is 614 Å². The molecule has 0 aromatic heterocycles. The molecule has 4 fully saturated rings. The van der Waals surface area contributed by atoms with Crippen molar-refractivity contribution < 1.29 is 196 Å². The highest BCUT2D eigenvalue weighted by atomic mass is 16.8. The van der Waals surface area contributed by atoms with Gasteiger partial charge in [-0.2, -0.15) is 0 Å². The number of ether oxygens (including phenoxy) is 16. The number of hydrogen-bond donors (Lipinski definition) is 18. The second kappa shape index (κ2) is 42.5. The summed E-state index contributed by atoms with van der Waals surface area (Å²) >= 11 is 0. The molecule has 0 aromatic rings. The number of rotatable bonds is 37. The largest absolute Gasteiger partial charge is 0.478 e. The van der Waals surface area contributed by atoms with E-state index in [4.69, 9.17) is 75.8 Å². The molecule has 0 radical (unpaired) electrons. The first-order valence-corrected chi connectivity index (χ1v) is 36.6. The molecule has 0 aromatic carbocycles. The molecule has 18 N–H and O–H groups in total. The van der Waals surface area contributed by atoms with Crippen LogP contribution in [0, 0.1) is 47.3 Å². The molecule has 32 atom stereocenters. The summed E-state index contributed by atoms with van der Waals surface area (Å²) in [6.07, 6.45) is -29.2. The van der Waals surface area contributed by atoms with Gasteiger partial charge in [-0.05, 0) is 52.4 Å². The number of aliphatic hydroxyl groups excluding tert-OH is 16. The van der Waals surface area contributed by atoms with Crippen molar-refractivity contribution in [2.24, 2.45) is 47.3 Å². The number of aliphatic carboxylic acids is 2. The van der Waals surface area contributed by atoms with Crippen molar-refractivity contribution in [3.05, 3.63) is 121 Å². The zero-order chi connectivity index (χ0) is 83.7. The molecule has 32 unspecified atom stereocenters. The molecule has 8 aliphatic heterocycles. The van der Waals surface area contributed by atoms with E-state index in [0.717, 1.165) is 25.0 Å². The minimum atomic E-state index is -1.90. The van der Waals surface area contributed by atoms with Gasteiger partial charge in [-0.3, -0.25) is 0 Å². The van der Waals surface area contributed by atoms with Gasteiger partial charge in [0.1, 0.15) is 97.7 Å². The fraction of sp³-hybridized carbons (Fsp3) is 0.649. The smallest absolute Gasteiger partial charge is 0.337 e.